The summed E-state index contributed by atoms with van der Waals surface area (Å²) >= 11 is 11.4. The second kappa shape index (κ2) is 9.93. The Morgan fingerprint density at radius 3 is 1.61 bits per heavy atom. The van der Waals surface area contributed by atoms with Gasteiger partial charge in [0.15, 0.2) is 0 Å². The van der Waals surface area contributed by atoms with Crippen LogP contribution in [-0.4, -0.2) is 0 Å². The molecule has 36 heavy (non-hydrogen) atoms. The van der Waals surface area contributed by atoms with Gasteiger partial charge in [-0.2, -0.15) is 0 Å². The van der Waals surface area contributed by atoms with Crippen LogP contribution in [0, 0.1) is 0 Å². The number of benzene rings is 6. The first-order chi connectivity index (χ1) is 17.7. The zero-order chi connectivity index (χ0) is 24.5. The number of rotatable bonds is 5. The first-order valence-corrected chi connectivity index (χ1v) is 13.3. The third kappa shape index (κ3) is 4.34. The third-order valence-corrected chi connectivity index (χ3v) is 8.15. The molecule has 0 saturated carbocycles. The van der Waals surface area contributed by atoms with Gasteiger partial charge in [0.1, 0.15) is 0 Å². The molecule has 2 heteroatoms. The Kier molecular flexibility index (Phi) is 6.35. The van der Waals surface area contributed by atoms with Crippen LogP contribution in [0.1, 0.15) is 22.3 Å². The zero-order valence-electron chi connectivity index (χ0n) is 19.7. The van der Waals surface area contributed by atoms with Gasteiger partial charge in [-0.25, -0.2) is 0 Å². The topological polar surface area (TPSA) is 0 Å². The van der Waals surface area contributed by atoms with E-state index in [9.17, 15) is 0 Å². The molecule has 0 atom stereocenters. The number of fused-ring (bicyclic) bond motifs is 2. The molecule has 0 unspecified atom stereocenters. The Balaban J connectivity index is 1.66. The first kappa shape index (κ1) is 23.0. The summed E-state index contributed by atoms with van der Waals surface area (Å²) in [5.41, 5.74) is 7.31. The molecule has 0 radical (unpaired) electrons. The van der Waals surface area contributed by atoms with Gasteiger partial charge in [0.05, 0.1) is 5.02 Å². The molecule has 0 aliphatic heterocycles. The van der Waals surface area contributed by atoms with Gasteiger partial charge >= 0.3 is 0 Å². The summed E-state index contributed by atoms with van der Waals surface area (Å²) in [6, 6.07) is 42.9. The summed E-state index contributed by atoms with van der Waals surface area (Å²) in [5, 5.41) is 5.47. The van der Waals surface area contributed by atoms with Crippen molar-refractivity contribution in [2.24, 2.45) is 0 Å². The summed E-state index contributed by atoms with van der Waals surface area (Å²) < 4.78 is 1.11. The lowest BCUT2D eigenvalue weighted by Gasteiger charge is -2.20. The molecule has 0 heterocycles. The van der Waals surface area contributed by atoms with Crippen molar-refractivity contribution < 1.29 is 0 Å². The lowest BCUT2D eigenvalue weighted by molar-refractivity contribution is 1.18. The van der Waals surface area contributed by atoms with Crippen LogP contribution in [0.4, 0.5) is 0 Å². The highest BCUT2D eigenvalue weighted by atomic mass is 79.9. The summed E-state index contributed by atoms with van der Waals surface area (Å²) in [4.78, 5) is 0. The monoisotopic (exact) mass is 546 g/mol. The summed E-state index contributed by atoms with van der Waals surface area (Å²) in [5.74, 6) is 0. The lowest BCUT2D eigenvalue weighted by Crippen LogP contribution is -1.99. The van der Waals surface area contributed by atoms with Gasteiger partial charge in [-0.15, -0.1) is 0 Å². The molecular weight excluding hydrogens is 524 g/mol. The minimum Gasteiger partial charge on any atom is -0.0830 e. The molecule has 0 aliphatic rings. The summed E-state index contributed by atoms with van der Waals surface area (Å²) in [6.07, 6.45) is 1.66. The van der Waals surface area contributed by atoms with E-state index in [0.29, 0.717) is 0 Å². The number of hydrogen-bond acceptors (Lipinski definition) is 0. The van der Waals surface area contributed by atoms with Crippen molar-refractivity contribution in [2.75, 3.05) is 0 Å². The summed E-state index contributed by atoms with van der Waals surface area (Å²) in [7, 11) is 0. The van der Waals surface area contributed by atoms with Crippen LogP contribution in [0.15, 0.2) is 126 Å². The fourth-order valence-electron chi connectivity index (χ4n) is 5.15. The maximum atomic E-state index is 7.31. The van der Waals surface area contributed by atoms with Crippen LogP contribution in [0.25, 0.3) is 32.7 Å². The predicted molar refractivity (Wildman–Crippen MR) is 158 cm³/mol. The zero-order valence-corrected chi connectivity index (χ0v) is 22.1. The van der Waals surface area contributed by atoms with Gasteiger partial charge in [-0.1, -0.05) is 127 Å². The van der Waals surface area contributed by atoms with E-state index in [4.69, 9.17) is 11.6 Å². The van der Waals surface area contributed by atoms with Crippen molar-refractivity contribution >= 4 is 49.1 Å². The van der Waals surface area contributed by atoms with Crippen LogP contribution < -0.4 is 0 Å². The molecule has 0 saturated heterocycles. The quantitative estimate of drug-likeness (QED) is 0.201. The highest BCUT2D eigenvalue weighted by molar-refractivity contribution is 9.10. The standard InChI is InChI=1S/C34H24BrCl/c35-33-28(20-24-13-5-2-6-14-24)22-25-15-7-9-17-29(25)32(33)31-27(19-23-11-3-1-4-12-23)21-26-16-8-10-18-30(26)34(31)36/h1-18,21-22H,19-20H2. The van der Waals surface area contributed by atoms with Gasteiger partial charge < -0.3 is 0 Å². The van der Waals surface area contributed by atoms with Crippen LogP contribution in [0.3, 0.4) is 0 Å². The van der Waals surface area contributed by atoms with Crippen LogP contribution in [0.5, 0.6) is 0 Å². The molecule has 0 amide bonds. The normalized spacial score (nSPS) is 11.3. The first-order valence-electron chi connectivity index (χ1n) is 12.2. The molecule has 6 aromatic rings. The predicted octanol–water partition coefficient (Wildman–Crippen LogP) is 10.3. The van der Waals surface area contributed by atoms with Crippen LogP contribution in [-0.2, 0) is 12.8 Å². The second-order valence-corrected chi connectivity index (χ2v) is 10.4. The van der Waals surface area contributed by atoms with E-state index in [1.54, 1.807) is 0 Å². The molecule has 6 aromatic carbocycles. The minimum absolute atomic E-state index is 0.807. The Bertz CT molecular complexity index is 1690. The molecule has 0 aromatic heterocycles. The highest BCUT2D eigenvalue weighted by Crippen LogP contribution is 2.46. The molecule has 0 spiro atoms. The van der Waals surface area contributed by atoms with Crippen molar-refractivity contribution in [2.45, 2.75) is 12.8 Å². The SMILES string of the molecule is Clc1c(-c2c(Br)c(Cc3ccccc3)cc3ccccc23)c(Cc2ccccc2)cc2ccccc12. The Labute approximate surface area is 225 Å². The molecule has 174 valence electrons. The lowest BCUT2D eigenvalue weighted by atomic mass is 9.87. The van der Waals surface area contributed by atoms with E-state index in [0.717, 1.165) is 38.7 Å². The van der Waals surface area contributed by atoms with E-state index in [1.807, 2.05) is 0 Å². The average Bonchev–Trinajstić information content (AvgIpc) is 2.91. The number of hydrogen-bond donors (Lipinski definition) is 0. The average molecular weight is 548 g/mol. The molecule has 0 fully saturated rings. The van der Waals surface area contributed by atoms with E-state index in [-0.39, 0.29) is 0 Å². The van der Waals surface area contributed by atoms with E-state index in [1.165, 1.54) is 38.6 Å². The molecule has 0 aliphatic carbocycles. The second-order valence-electron chi connectivity index (χ2n) is 9.22. The molecule has 6 rings (SSSR count). The van der Waals surface area contributed by atoms with E-state index < -0.39 is 0 Å². The van der Waals surface area contributed by atoms with Gasteiger partial charge in [0.25, 0.3) is 0 Å². The van der Waals surface area contributed by atoms with Crippen molar-refractivity contribution in [3.63, 3.8) is 0 Å². The minimum atomic E-state index is 0.807. The Morgan fingerprint density at radius 2 is 0.972 bits per heavy atom. The molecule has 0 bridgehead atoms. The van der Waals surface area contributed by atoms with Crippen molar-refractivity contribution in [1.82, 2.24) is 0 Å². The smallest absolute Gasteiger partial charge is 0.0566 e. The fraction of sp³-hybridized carbons (Fsp3) is 0.0588. The summed E-state index contributed by atoms with van der Waals surface area (Å²) in [6.45, 7) is 0. The molecule has 0 N–H and O–H groups in total. The van der Waals surface area contributed by atoms with Crippen LogP contribution >= 0.6 is 27.5 Å². The van der Waals surface area contributed by atoms with E-state index in [2.05, 4.69) is 137 Å². The van der Waals surface area contributed by atoms with Gasteiger partial charge in [-0.05, 0) is 73.3 Å². The fourth-order valence-corrected chi connectivity index (χ4v) is 6.21. The van der Waals surface area contributed by atoms with Gasteiger partial charge in [0.2, 0.25) is 0 Å². The molecule has 0 nitrogen and oxygen atoms in total. The molecular formula is C34H24BrCl. The van der Waals surface area contributed by atoms with Crippen molar-refractivity contribution in [3.05, 3.63) is 153 Å². The Morgan fingerprint density at radius 1 is 0.500 bits per heavy atom. The largest absolute Gasteiger partial charge is 0.0830 e. The Hall–Kier alpha value is -3.39. The maximum Gasteiger partial charge on any atom is 0.0566 e. The van der Waals surface area contributed by atoms with Crippen molar-refractivity contribution in [3.8, 4) is 11.1 Å². The van der Waals surface area contributed by atoms with E-state index >= 15 is 0 Å². The van der Waals surface area contributed by atoms with Crippen LogP contribution in [0.2, 0.25) is 5.02 Å². The van der Waals surface area contributed by atoms with Gasteiger partial charge in [0, 0.05) is 21.0 Å². The van der Waals surface area contributed by atoms with Crippen molar-refractivity contribution in [1.29, 1.82) is 0 Å². The number of halogens is 2. The highest BCUT2D eigenvalue weighted by Gasteiger charge is 2.21. The van der Waals surface area contributed by atoms with Gasteiger partial charge in [-0.3, -0.25) is 0 Å². The maximum absolute atomic E-state index is 7.31. The third-order valence-electron chi connectivity index (χ3n) is 6.85.